The number of rotatable bonds is 3. The summed E-state index contributed by atoms with van der Waals surface area (Å²) in [5.41, 5.74) is 1.61. The summed E-state index contributed by atoms with van der Waals surface area (Å²) in [7, 11) is 1.77. The van der Waals surface area contributed by atoms with Crippen LogP contribution < -0.4 is 10.6 Å². The molecule has 3 rings (SSSR count). The monoisotopic (exact) mass is 288 g/mol. The van der Waals surface area contributed by atoms with E-state index in [4.69, 9.17) is 0 Å². The number of hydrogen-bond donors (Lipinski definition) is 2. The average molecular weight is 288 g/mol. The van der Waals surface area contributed by atoms with Gasteiger partial charge in [-0.15, -0.1) is 21.5 Å². The number of carbonyl (C=O) groups excluding carboxylic acids is 1. The number of nitrogens with one attached hydrogen (secondary N) is 2. The lowest BCUT2D eigenvalue weighted by molar-refractivity contribution is 0.0927. The molecule has 5 nitrogen and oxygen atoms in total. The summed E-state index contributed by atoms with van der Waals surface area (Å²) in [5.74, 6) is 0.489. The molecule has 0 saturated heterocycles. The Morgan fingerprint density at radius 2 is 2.25 bits per heavy atom. The molecular weight excluding hydrogens is 272 g/mol. The third-order valence-electron chi connectivity index (χ3n) is 3.51. The molecule has 2 aromatic heterocycles. The first-order valence-electron chi connectivity index (χ1n) is 6.66. The van der Waals surface area contributed by atoms with Crippen LogP contribution in [0.5, 0.6) is 0 Å². The number of aromatic nitrogens is 2. The van der Waals surface area contributed by atoms with Gasteiger partial charge < -0.3 is 10.6 Å². The smallest absolute Gasteiger partial charge is 0.272 e. The third-order valence-corrected chi connectivity index (χ3v) is 4.51. The molecule has 6 heteroatoms. The number of aryl methyl sites for hydroxylation is 1. The summed E-state index contributed by atoms with van der Waals surface area (Å²) in [4.78, 5) is 13.6. The molecule has 1 unspecified atom stereocenters. The van der Waals surface area contributed by atoms with Crippen LogP contribution in [0, 0.1) is 0 Å². The van der Waals surface area contributed by atoms with Crippen molar-refractivity contribution in [2.24, 2.45) is 0 Å². The first kappa shape index (κ1) is 13.1. The highest BCUT2D eigenvalue weighted by molar-refractivity contribution is 7.10. The zero-order chi connectivity index (χ0) is 13.9. The zero-order valence-electron chi connectivity index (χ0n) is 11.2. The second kappa shape index (κ2) is 5.58. The van der Waals surface area contributed by atoms with Gasteiger partial charge in [0.05, 0.1) is 6.04 Å². The highest BCUT2D eigenvalue weighted by Gasteiger charge is 2.23. The van der Waals surface area contributed by atoms with E-state index in [0.717, 1.165) is 19.3 Å². The number of carbonyl (C=O) groups is 1. The molecule has 0 bridgehead atoms. The molecule has 1 aliphatic carbocycles. The Morgan fingerprint density at radius 1 is 1.35 bits per heavy atom. The van der Waals surface area contributed by atoms with Crippen LogP contribution in [0.15, 0.2) is 23.6 Å². The minimum absolute atomic E-state index is 0.100. The zero-order valence-corrected chi connectivity index (χ0v) is 12.0. The molecule has 0 saturated carbocycles. The predicted molar refractivity (Wildman–Crippen MR) is 79.0 cm³/mol. The fourth-order valence-corrected chi connectivity index (χ4v) is 3.44. The lowest BCUT2D eigenvalue weighted by Crippen LogP contribution is -2.31. The molecule has 1 amide bonds. The normalized spacial score (nSPS) is 17.4. The van der Waals surface area contributed by atoms with Crippen LogP contribution in [-0.2, 0) is 6.42 Å². The van der Waals surface area contributed by atoms with Crippen molar-refractivity contribution in [3.05, 3.63) is 39.7 Å². The summed E-state index contributed by atoms with van der Waals surface area (Å²) in [6.45, 7) is 0. The van der Waals surface area contributed by atoms with Crippen LogP contribution in [0.4, 0.5) is 5.82 Å². The molecule has 0 radical (unpaired) electrons. The predicted octanol–water partition coefficient (Wildman–Crippen LogP) is 2.39. The minimum Gasteiger partial charge on any atom is -0.372 e. The van der Waals surface area contributed by atoms with E-state index >= 15 is 0 Å². The van der Waals surface area contributed by atoms with Gasteiger partial charge in [0.15, 0.2) is 5.69 Å². The summed E-state index contributed by atoms with van der Waals surface area (Å²) in [5, 5.41) is 15.9. The van der Waals surface area contributed by atoms with Crippen molar-refractivity contribution < 1.29 is 4.79 Å². The maximum Gasteiger partial charge on any atom is 0.272 e. The van der Waals surface area contributed by atoms with Crippen LogP contribution in [0.3, 0.4) is 0 Å². The first-order chi connectivity index (χ1) is 9.78. The largest absolute Gasteiger partial charge is 0.372 e. The van der Waals surface area contributed by atoms with E-state index in [1.54, 1.807) is 30.5 Å². The van der Waals surface area contributed by atoms with Gasteiger partial charge in [-0.2, -0.15) is 0 Å². The molecular formula is C14H16N4OS. The van der Waals surface area contributed by atoms with Crippen LogP contribution in [0.25, 0.3) is 0 Å². The molecule has 2 aromatic rings. The Labute approximate surface area is 121 Å². The fraction of sp³-hybridized carbons (Fsp3) is 0.357. The number of anilines is 1. The molecule has 20 heavy (non-hydrogen) atoms. The van der Waals surface area contributed by atoms with E-state index < -0.39 is 0 Å². The molecule has 0 aliphatic heterocycles. The van der Waals surface area contributed by atoms with Gasteiger partial charge in [0.1, 0.15) is 5.82 Å². The van der Waals surface area contributed by atoms with Crippen molar-refractivity contribution in [2.45, 2.75) is 25.3 Å². The summed E-state index contributed by atoms with van der Waals surface area (Å²) >= 11 is 1.77. The van der Waals surface area contributed by atoms with Crippen molar-refractivity contribution in [3.63, 3.8) is 0 Å². The second-order valence-corrected chi connectivity index (χ2v) is 5.77. The Kier molecular flexibility index (Phi) is 3.64. The molecule has 1 atom stereocenters. The number of hydrogen-bond acceptors (Lipinski definition) is 5. The van der Waals surface area contributed by atoms with Gasteiger partial charge in [-0.05, 0) is 48.4 Å². The summed E-state index contributed by atoms with van der Waals surface area (Å²) in [6, 6.07) is 5.65. The number of fused-ring (bicyclic) bond motifs is 1. The van der Waals surface area contributed by atoms with Gasteiger partial charge in [-0.25, -0.2) is 0 Å². The molecule has 0 spiro atoms. The summed E-state index contributed by atoms with van der Waals surface area (Å²) < 4.78 is 0. The summed E-state index contributed by atoms with van der Waals surface area (Å²) in [6.07, 6.45) is 3.22. The quantitative estimate of drug-likeness (QED) is 0.910. The number of nitrogens with zero attached hydrogens (tertiary/aromatic N) is 2. The maximum absolute atomic E-state index is 12.2. The van der Waals surface area contributed by atoms with E-state index in [1.165, 1.54) is 10.4 Å². The van der Waals surface area contributed by atoms with Crippen molar-refractivity contribution >= 4 is 23.1 Å². The standard InChI is InChI=1S/C14H16N4OS/c1-15-13-6-5-11(17-18-13)14(19)16-10-3-2-4-12-9(10)7-8-20-12/h5-8,10H,2-4H2,1H3,(H,15,18)(H,16,19). The fourth-order valence-electron chi connectivity index (χ4n) is 2.46. The topological polar surface area (TPSA) is 66.9 Å². The van der Waals surface area contributed by atoms with E-state index in [9.17, 15) is 4.79 Å². The second-order valence-electron chi connectivity index (χ2n) is 4.77. The molecule has 104 valence electrons. The number of amides is 1. The lowest BCUT2D eigenvalue weighted by atomic mass is 9.94. The van der Waals surface area contributed by atoms with Gasteiger partial charge in [0.2, 0.25) is 0 Å². The van der Waals surface area contributed by atoms with Crippen LogP contribution in [0.1, 0.15) is 39.8 Å². The van der Waals surface area contributed by atoms with Crippen LogP contribution in [0.2, 0.25) is 0 Å². The van der Waals surface area contributed by atoms with Gasteiger partial charge in [0.25, 0.3) is 5.91 Å². The number of thiophene rings is 1. The van der Waals surface area contributed by atoms with E-state index in [2.05, 4.69) is 32.3 Å². The maximum atomic E-state index is 12.2. The van der Waals surface area contributed by atoms with Crippen molar-refractivity contribution in [1.29, 1.82) is 0 Å². The van der Waals surface area contributed by atoms with Crippen molar-refractivity contribution in [2.75, 3.05) is 12.4 Å². The SMILES string of the molecule is CNc1ccc(C(=O)NC2CCCc3sccc32)nn1. The van der Waals surface area contributed by atoms with Crippen molar-refractivity contribution in [1.82, 2.24) is 15.5 Å². The van der Waals surface area contributed by atoms with Gasteiger partial charge in [0, 0.05) is 11.9 Å². The molecule has 0 fully saturated rings. The Bertz CT molecular complexity index is 608. The first-order valence-corrected chi connectivity index (χ1v) is 7.54. The van der Waals surface area contributed by atoms with E-state index in [0.29, 0.717) is 11.5 Å². The van der Waals surface area contributed by atoms with Gasteiger partial charge >= 0.3 is 0 Å². The Morgan fingerprint density at radius 3 is 3.00 bits per heavy atom. The van der Waals surface area contributed by atoms with E-state index in [-0.39, 0.29) is 11.9 Å². The van der Waals surface area contributed by atoms with Gasteiger partial charge in [-0.3, -0.25) is 4.79 Å². The lowest BCUT2D eigenvalue weighted by Gasteiger charge is -2.23. The van der Waals surface area contributed by atoms with Crippen LogP contribution >= 0.6 is 11.3 Å². The van der Waals surface area contributed by atoms with Crippen LogP contribution in [-0.4, -0.2) is 23.2 Å². The highest BCUT2D eigenvalue weighted by Crippen LogP contribution is 2.33. The Balaban J connectivity index is 1.73. The molecule has 2 heterocycles. The molecule has 2 N–H and O–H groups in total. The van der Waals surface area contributed by atoms with Gasteiger partial charge in [-0.1, -0.05) is 0 Å². The minimum atomic E-state index is -0.163. The van der Waals surface area contributed by atoms with Crippen molar-refractivity contribution in [3.8, 4) is 0 Å². The Hall–Kier alpha value is -1.95. The highest BCUT2D eigenvalue weighted by atomic mass is 32.1. The molecule has 0 aromatic carbocycles. The molecule has 1 aliphatic rings. The van der Waals surface area contributed by atoms with E-state index in [1.807, 2.05) is 0 Å². The average Bonchev–Trinajstić information content (AvgIpc) is 2.97. The third kappa shape index (κ3) is 2.51.